The van der Waals surface area contributed by atoms with Crippen LogP contribution in [0.2, 0.25) is 0 Å². The number of hydrogen-bond donors (Lipinski definition) is 1. The van der Waals surface area contributed by atoms with Gasteiger partial charge in [-0.15, -0.1) is 0 Å². The molecule has 0 saturated carbocycles. The van der Waals surface area contributed by atoms with Crippen LogP contribution in [0.1, 0.15) is 18.4 Å². The van der Waals surface area contributed by atoms with Gasteiger partial charge in [0.1, 0.15) is 5.69 Å². The van der Waals surface area contributed by atoms with Gasteiger partial charge in [0.25, 0.3) is 0 Å². The highest BCUT2D eigenvalue weighted by Crippen LogP contribution is 2.29. The molecule has 2 N–H and O–H groups in total. The normalized spacial score (nSPS) is 16.8. The maximum absolute atomic E-state index is 13.9. The summed E-state index contributed by atoms with van der Waals surface area (Å²) in [6, 6.07) is 3.68. The van der Waals surface area contributed by atoms with Gasteiger partial charge < -0.3 is 4.90 Å². The fourth-order valence-corrected chi connectivity index (χ4v) is 3.57. The summed E-state index contributed by atoms with van der Waals surface area (Å²) in [6.07, 6.45) is 0.991. The first-order valence-electron chi connectivity index (χ1n) is 6.44. The molecule has 0 spiro atoms. The summed E-state index contributed by atoms with van der Waals surface area (Å²) < 4.78 is 49.9. The Morgan fingerprint density at radius 1 is 1.29 bits per heavy atom. The van der Waals surface area contributed by atoms with E-state index < -0.39 is 21.7 Å². The molecule has 1 aromatic carbocycles. The smallest absolute Gasteiger partial charge is 0.209 e. The SMILES string of the molecule is N#Cc1cc(F)c(N2CCC(CS(N)(=O)=O)CC2)c(F)c1. The number of nitrogens with zero attached hydrogens (tertiary/aromatic N) is 2. The molecule has 0 atom stereocenters. The number of halogens is 2. The lowest BCUT2D eigenvalue weighted by Gasteiger charge is -2.33. The molecule has 1 aliphatic heterocycles. The molecule has 114 valence electrons. The molecule has 8 heteroatoms. The third-order valence-corrected chi connectivity index (χ3v) is 4.48. The lowest BCUT2D eigenvalue weighted by Crippen LogP contribution is -2.37. The summed E-state index contributed by atoms with van der Waals surface area (Å²) in [4.78, 5) is 1.53. The maximum Gasteiger partial charge on any atom is 0.209 e. The van der Waals surface area contributed by atoms with E-state index in [2.05, 4.69) is 0 Å². The van der Waals surface area contributed by atoms with Gasteiger partial charge in [-0.25, -0.2) is 22.3 Å². The van der Waals surface area contributed by atoms with E-state index in [1.54, 1.807) is 6.07 Å². The van der Waals surface area contributed by atoms with E-state index in [1.807, 2.05) is 0 Å². The van der Waals surface area contributed by atoms with Crippen molar-refractivity contribution in [3.05, 3.63) is 29.3 Å². The third kappa shape index (κ3) is 3.89. The molecule has 0 aliphatic carbocycles. The number of benzene rings is 1. The average Bonchev–Trinajstić information content (AvgIpc) is 2.38. The summed E-state index contributed by atoms with van der Waals surface area (Å²) in [6.45, 7) is 0.694. The summed E-state index contributed by atoms with van der Waals surface area (Å²) in [5, 5.41) is 13.7. The maximum atomic E-state index is 13.9. The number of sulfonamides is 1. The topological polar surface area (TPSA) is 87.2 Å². The van der Waals surface area contributed by atoms with Crippen molar-refractivity contribution in [2.45, 2.75) is 12.8 Å². The summed E-state index contributed by atoms with van der Waals surface area (Å²) in [5.41, 5.74) is -0.235. The third-order valence-electron chi connectivity index (χ3n) is 3.54. The van der Waals surface area contributed by atoms with Crippen LogP contribution in [0.5, 0.6) is 0 Å². The molecule has 5 nitrogen and oxygen atoms in total. The summed E-state index contributed by atoms with van der Waals surface area (Å²) >= 11 is 0. The number of hydrogen-bond acceptors (Lipinski definition) is 4. The minimum Gasteiger partial charge on any atom is -0.367 e. The highest BCUT2D eigenvalue weighted by Gasteiger charge is 2.26. The molecule has 0 bridgehead atoms. The number of piperidine rings is 1. The van der Waals surface area contributed by atoms with Crippen LogP contribution in [0.15, 0.2) is 12.1 Å². The van der Waals surface area contributed by atoms with Crippen molar-refractivity contribution in [2.75, 3.05) is 23.7 Å². The molecular weight excluding hydrogens is 300 g/mol. The van der Waals surface area contributed by atoms with E-state index in [9.17, 15) is 17.2 Å². The Balaban J connectivity index is 2.11. The second-order valence-electron chi connectivity index (χ2n) is 5.16. The van der Waals surface area contributed by atoms with Crippen molar-refractivity contribution in [2.24, 2.45) is 11.1 Å². The zero-order chi connectivity index (χ0) is 15.6. The van der Waals surface area contributed by atoms with Gasteiger partial charge in [-0.2, -0.15) is 5.26 Å². The van der Waals surface area contributed by atoms with Gasteiger partial charge in [0.15, 0.2) is 11.6 Å². The Bertz CT molecular complexity index is 654. The molecular formula is C13H15F2N3O2S. The number of nitriles is 1. The van der Waals surface area contributed by atoms with Gasteiger partial charge >= 0.3 is 0 Å². The van der Waals surface area contributed by atoms with E-state index in [-0.39, 0.29) is 22.9 Å². The molecule has 0 unspecified atom stereocenters. The second kappa shape index (κ2) is 5.95. The molecule has 1 heterocycles. The van der Waals surface area contributed by atoms with Gasteiger partial charge in [0.05, 0.1) is 17.4 Å². The Labute approximate surface area is 122 Å². The second-order valence-corrected chi connectivity index (χ2v) is 6.82. The van der Waals surface area contributed by atoms with E-state index in [1.165, 1.54) is 4.90 Å². The van der Waals surface area contributed by atoms with Crippen LogP contribution >= 0.6 is 0 Å². The Kier molecular flexibility index (Phi) is 4.44. The summed E-state index contributed by atoms with van der Waals surface area (Å²) in [5.74, 6) is -1.77. The van der Waals surface area contributed by atoms with Crippen molar-refractivity contribution in [3.8, 4) is 6.07 Å². The first kappa shape index (κ1) is 15.7. The number of nitrogens with two attached hydrogens (primary N) is 1. The lowest BCUT2D eigenvalue weighted by molar-refractivity contribution is 0.427. The Morgan fingerprint density at radius 2 is 1.81 bits per heavy atom. The molecule has 2 rings (SSSR count). The van der Waals surface area contributed by atoms with Crippen molar-refractivity contribution in [3.63, 3.8) is 0 Å². The van der Waals surface area contributed by atoms with Crippen molar-refractivity contribution in [1.82, 2.24) is 0 Å². The van der Waals surface area contributed by atoms with Gasteiger partial charge in [0, 0.05) is 13.1 Å². The zero-order valence-corrected chi connectivity index (χ0v) is 12.0. The first-order valence-corrected chi connectivity index (χ1v) is 8.16. The van der Waals surface area contributed by atoms with Crippen LogP contribution in [-0.2, 0) is 10.0 Å². The minimum absolute atomic E-state index is 0.0714. The Hall–Kier alpha value is -1.72. The Morgan fingerprint density at radius 3 is 2.24 bits per heavy atom. The molecule has 1 saturated heterocycles. The fourth-order valence-electron chi connectivity index (χ4n) is 2.58. The lowest BCUT2D eigenvalue weighted by atomic mass is 9.98. The monoisotopic (exact) mass is 315 g/mol. The average molecular weight is 315 g/mol. The zero-order valence-electron chi connectivity index (χ0n) is 11.2. The molecule has 1 aromatic rings. The van der Waals surface area contributed by atoms with Gasteiger partial charge in [0.2, 0.25) is 10.0 Å². The van der Waals surface area contributed by atoms with Crippen LogP contribution < -0.4 is 10.0 Å². The van der Waals surface area contributed by atoms with Crippen LogP contribution in [0.4, 0.5) is 14.5 Å². The fraction of sp³-hybridized carbons (Fsp3) is 0.462. The molecule has 1 aliphatic rings. The highest BCUT2D eigenvalue weighted by molar-refractivity contribution is 7.89. The van der Waals surface area contributed by atoms with Gasteiger partial charge in [-0.05, 0) is 30.9 Å². The number of primary sulfonamides is 1. The first-order chi connectivity index (χ1) is 9.80. The molecule has 21 heavy (non-hydrogen) atoms. The minimum atomic E-state index is -3.53. The molecule has 0 aromatic heterocycles. The van der Waals surface area contributed by atoms with E-state index in [0.29, 0.717) is 25.9 Å². The van der Waals surface area contributed by atoms with Crippen LogP contribution in [-0.4, -0.2) is 27.3 Å². The van der Waals surface area contributed by atoms with Crippen LogP contribution in [0.25, 0.3) is 0 Å². The van der Waals surface area contributed by atoms with Gasteiger partial charge in [-0.1, -0.05) is 0 Å². The van der Waals surface area contributed by atoms with Crippen molar-refractivity contribution in [1.29, 1.82) is 5.26 Å². The van der Waals surface area contributed by atoms with Crippen LogP contribution in [0, 0.1) is 28.9 Å². The van der Waals surface area contributed by atoms with Gasteiger partial charge in [-0.3, -0.25) is 0 Å². The largest absolute Gasteiger partial charge is 0.367 e. The van der Waals surface area contributed by atoms with Crippen molar-refractivity contribution < 1.29 is 17.2 Å². The van der Waals surface area contributed by atoms with Crippen molar-refractivity contribution >= 4 is 15.7 Å². The van der Waals surface area contributed by atoms with E-state index >= 15 is 0 Å². The quantitative estimate of drug-likeness (QED) is 0.912. The van der Waals surface area contributed by atoms with Crippen LogP contribution in [0.3, 0.4) is 0 Å². The molecule has 0 amide bonds. The van der Waals surface area contributed by atoms with E-state index in [0.717, 1.165) is 12.1 Å². The summed E-state index contributed by atoms with van der Waals surface area (Å²) in [7, 11) is -3.53. The predicted molar refractivity (Wildman–Crippen MR) is 74.0 cm³/mol. The standard InChI is InChI=1S/C13H15F2N3O2S/c14-11-5-10(7-16)6-12(15)13(11)18-3-1-9(2-4-18)8-21(17,19)20/h5-6,9H,1-4,8H2,(H2,17,19,20). The predicted octanol–water partition coefficient (Wildman–Crippen LogP) is 1.34. The molecule has 1 fully saturated rings. The molecule has 0 radical (unpaired) electrons. The highest BCUT2D eigenvalue weighted by atomic mass is 32.2. The number of anilines is 1. The number of rotatable bonds is 3. The van der Waals surface area contributed by atoms with E-state index in [4.69, 9.17) is 10.4 Å².